The summed E-state index contributed by atoms with van der Waals surface area (Å²) in [5.41, 5.74) is 4.95. The van der Waals surface area contributed by atoms with Crippen molar-refractivity contribution in [3.05, 3.63) is 101 Å². The number of aromatic nitrogens is 1. The highest BCUT2D eigenvalue weighted by Crippen LogP contribution is 2.31. The Morgan fingerprint density at radius 2 is 1.68 bits per heavy atom. The van der Waals surface area contributed by atoms with Gasteiger partial charge in [0.25, 0.3) is 0 Å². The van der Waals surface area contributed by atoms with E-state index in [2.05, 4.69) is 22.9 Å². The number of ether oxygens (including phenoxy) is 2. The van der Waals surface area contributed by atoms with Gasteiger partial charge in [0.2, 0.25) is 0 Å². The summed E-state index contributed by atoms with van der Waals surface area (Å²) in [7, 11) is 1.64. The van der Waals surface area contributed by atoms with Crippen LogP contribution in [-0.2, 0) is 13.0 Å². The summed E-state index contributed by atoms with van der Waals surface area (Å²) in [6.45, 7) is 1.20. The van der Waals surface area contributed by atoms with Crippen molar-refractivity contribution < 1.29 is 14.3 Å². The molecule has 3 aromatic carbocycles. The summed E-state index contributed by atoms with van der Waals surface area (Å²) in [6, 6.07) is 23.8. The number of fused-ring (bicyclic) bond motifs is 2. The van der Waals surface area contributed by atoms with Crippen molar-refractivity contribution in [1.82, 2.24) is 4.57 Å². The molecule has 0 unspecified atom stereocenters. The Bertz CT molecular complexity index is 1300. The lowest BCUT2D eigenvalue weighted by molar-refractivity contribution is 0.104. The number of hydrogen-bond donors (Lipinski definition) is 0. The van der Waals surface area contributed by atoms with E-state index in [1.165, 1.54) is 0 Å². The Labute approximate surface area is 181 Å². The summed E-state index contributed by atoms with van der Waals surface area (Å²) >= 11 is 0. The van der Waals surface area contributed by atoms with E-state index in [9.17, 15) is 4.79 Å². The topological polar surface area (TPSA) is 40.5 Å². The maximum Gasteiger partial charge on any atom is 0.189 e. The minimum absolute atomic E-state index is 0.131. The number of carbonyl (C=O) groups is 1. The number of Topliss-reactive ketones (excluding diaryl/α,β-unsaturated/α-hetero) is 1. The molecule has 0 fully saturated rings. The monoisotopic (exact) mass is 409 g/mol. The molecule has 4 aromatic rings. The average molecular weight is 409 g/mol. The van der Waals surface area contributed by atoms with Gasteiger partial charge < -0.3 is 14.0 Å². The van der Waals surface area contributed by atoms with Gasteiger partial charge in [-0.1, -0.05) is 54.6 Å². The Hall–Kier alpha value is -3.79. The molecule has 5 rings (SSSR count). The molecule has 1 aliphatic carbocycles. The third-order valence-corrected chi connectivity index (χ3v) is 5.74. The maximum absolute atomic E-state index is 12.8. The smallest absolute Gasteiger partial charge is 0.189 e. The lowest BCUT2D eigenvalue weighted by atomic mass is 10.1. The van der Waals surface area contributed by atoms with Gasteiger partial charge in [-0.3, -0.25) is 4.79 Å². The highest BCUT2D eigenvalue weighted by molar-refractivity contribution is 6.16. The van der Waals surface area contributed by atoms with Crippen LogP contribution in [0.25, 0.3) is 17.0 Å². The lowest BCUT2D eigenvalue weighted by Gasteiger charge is -2.11. The first kappa shape index (κ1) is 19.2. The quantitative estimate of drug-likeness (QED) is 0.392. The van der Waals surface area contributed by atoms with Crippen LogP contribution in [0.5, 0.6) is 11.5 Å². The van der Waals surface area contributed by atoms with Gasteiger partial charge in [-0.05, 0) is 29.8 Å². The summed E-state index contributed by atoms with van der Waals surface area (Å²) < 4.78 is 13.5. The number of benzene rings is 3. The fourth-order valence-corrected chi connectivity index (χ4v) is 4.23. The summed E-state index contributed by atoms with van der Waals surface area (Å²) in [5.74, 6) is 1.59. The summed E-state index contributed by atoms with van der Waals surface area (Å²) in [6.07, 6.45) is 4.84. The maximum atomic E-state index is 12.8. The number of methoxy groups -OCH3 is 1. The van der Waals surface area contributed by atoms with E-state index in [-0.39, 0.29) is 5.78 Å². The minimum atomic E-state index is 0.131. The van der Waals surface area contributed by atoms with E-state index in [1.807, 2.05) is 66.7 Å². The van der Waals surface area contributed by atoms with E-state index >= 15 is 0 Å². The largest absolute Gasteiger partial charge is 0.493 e. The second kappa shape index (κ2) is 8.15. The van der Waals surface area contributed by atoms with E-state index in [1.54, 1.807) is 7.11 Å². The number of carbonyl (C=O) groups excluding carboxylic acids is 1. The number of nitrogens with zero attached hydrogens (tertiary/aromatic N) is 1. The minimum Gasteiger partial charge on any atom is -0.493 e. The van der Waals surface area contributed by atoms with Gasteiger partial charge in [0.15, 0.2) is 17.3 Å². The zero-order chi connectivity index (χ0) is 21.2. The molecule has 0 saturated heterocycles. The standard InChI is InChI=1S/C27H23NO3/c1-30-25-12-6-7-13-26(25)31-15-14-28-18-21(22-9-4-5-11-24(22)28)17-20-16-19-8-2-3-10-23(19)27(20)29/h2-13,17-18H,14-16H2,1H3. The zero-order valence-electron chi connectivity index (χ0n) is 17.4. The van der Waals surface area contributed by atoms with Crippen LogP contribution in [0.1, 0.15) is 21.5 Å². The molecule has 0 atom stereocenters. The highest BCUT2D eigenvalue weighted by atomic mass is 16.5. The van der Waals surface area contributed by atoms with Gasteiger partial charge in [-0.25, -0.2) is 0 Å². The van der Waals surface area contributed by atoms with Crippen LogP contribution >= 0.6 is 0 Å². The average Bonchev–Trinajstić information content (AvgIpc) is 3.32. The van der Waals surface area contributed by atoms with Crippen LogP contribution in [0.4, 0.5) is 0 Å². The van der Waals surface area contributed by atoms with Gasteiger partial charge in [-0.2, -0.15) is 0 Å². The van der Waals surface area contributed by atoms with E-state index in [4.69, 9.17) is 9.47 Å². The van der Waals surface area contributed by atoms with E-state index in [0.717, 1.165) is 44.7 Å². The Kier molecular flexibility index (Phi) is 5.04. The highest BCUT2D eigenvalue weighted by Gasteiger charge is 2.24. The molecular weight excluding hydrogens is 386 g/mol. The predicted molar refractivity (Wildman–Crippen MR) is 123 cm³/mol. The molecule has 0 radical (unpaired) electrons. The molecule has 1 aliphatic rings. The molecule has 1 heterocycles. The first-order valence-electron chi connectivity index (χ1n) is 10.4. The normalized spacial score (nSPS) is 14.2. The van der Waals surface area contributed by atoms with Gasteiger partial charge >= 0.3 is 0 Å². The Balaban J connectivity index is 1.41. The van der Waals surface area contributed by atoms with Crippen LogP contribution < -0.4 is 9.47 Å². The fourth-order valence-electron chi connectivity index (χ4n) is 4.23. The second-order valence-corrected chi connectivity index (χ2v) is 7.63. The fraction of sp³-hybridized carbons (Fsp3) is 0.148. The van der Waals surface area contributed by atoms with Gasteiger partial charge in [0.1, 0.15) is 6.61 Å². The summed E-state index contributed by atoms with van der Waals surface area (Å²) in [4.78, 5) is 12.8. The number of para-hydroxylation sites is 3. The number of allylic oxidation sites excluding steroid dienone is 1. The second-order valence-electron chi connectivity index (χ2n) is 7.63. The van der Waals surface area contributed by atoms with Gasteiger partial charge in [0, 0.05) is 40.2 Å². The van der Waals surface area contributed by atoms with Crippen molar-refractivity contribution in [3.8, 4) is 11.5 Å². The van der Waals surface area contributed by atoms with Crippen molar-refractivity contribution in [3.63, 3.8) is 0 Å². The van der Waals surface area contributed by atoms with Crippen LogP contribution in [-0.4, -0.2) is 24.1 Å². The third kappa shape index (κ3) is 3.61. The first-order valence-corrected chi connectivity index (χ1v) is 10.4. The van der Waals surface area contributed by atoms with Crippen LogP contribution in [0.2, 0.25) is 0 Å². The molecular formula is C27H23NO3. The molecule has 154 valence electrons. The molecule has 4 heteroatoms. The van der Waals surface area contributed by atoms with Crippen molar-refractivity contribution in [2.24, 2.45) is 0 Å². The van der Waals surface area contributed by atoms with Gasteiger partial charge in [0.05, 0.1) is 13.7 Å². The van der Waals surface area contributed by atoms with Crippen LogP contribution in [0, 0.1) is 0 Å². The zero-order valence-corrected chi connectivity index (χ0v) is 17.4. The van der Waals surface area contributed by atoms with Crippen LogP contribution in [0.15, 0.2) is 84.6 Å². The first-order chi connectivity index (χ1) is 15.2. The van der Waals surface area contributed by atoms with Crippen molar-refractivity contribution >= 4 is 22.8 Å². The number of rotatable bonds is 6. The Morgan fingerprint density at radius 3 is 2.52 bits per heavy atom. The molecule has 0 spiro atoms. The molecule has 1 aromatic heterocycles. The molecule has 0 amide bonds. The lowest BCUT2D eigenvalue weighted by Crippen LogP contribution is -2.07. The van der Waals surface area contributed by atoms with Crippen molar-refractivity contribution in [1.29, 1.82) is 0 Å². The molecule has 0 aliphatic heterocycles. The van der Waals surface area contributed by atoms with E-state index in [0.29, 0.717) is 19.6 Å². The SMILES string of the molecule is COc1ccccc1OCCn1cc(C=C2Cc3ccccc3C2=O)c2ccccc21. The van der Waals surface area contributed by atoms with Crippen molar-refractivity contribution in [2.75, 3.05) is 13.7 Å². The summed E-state index contributed by atoms with van der Waals surface area (Å²) in [5, 5.41) is 1.14. The number of ketones is 1. The van der Waals surface area contributed by atoms with Gasteiger partial charge in [-0.15, -0.1) is 0 Å². The molecule has 31 heavy (non-hydrogen) atoms. The van der Waals surface area contributed by atoms with Crippen molar-refractivity contribution in [2.45, 2.75) is 13.0 Å². The van der Waals surface area contributed by atoms with Crippen LogP contribution in [0.3, 0.4) is 0 Å². The molecule has 4 nitrogen and oxygen atoms in total. The molecule has 0 N–H and O–H groups in total. The predicted octanol–water partition coefficient (Wildman–Crippen LogP) is 5.55. The molecule has 0 bridgehead atoms. The Morgan fingerprint density at radius 1 is 0.935 bits per heavy atom. The number of hydrogen-bond acceptors (Lipinski definition) is 3. The third-order valence-electron chi connectivity index (χ3n) is 5.74. The molecule has 0 saturated carbocycles. The van der Waals surface area contributed by atoms with E-state index < -0.39 is 0 Å².